The van der Waals surface area contributed by atoms with E-state index in [1.807, 2.05) is 12.1 Å². The van der Waals surface area contributed by atoms with Crippen LogP contribution in [0.2, 0.25) is 5.02 Å². The molecule has 0 aromatic heterocycles. The lowest BCUT2D eigenvalue weighted by Crippen LogP contribution is -2.53. The van der Waals surface area contributed by atoms with Gasteiger partial charge in [-0.25, -0.2) is 8.78 Å². The van der Waals surface area contributed by atoms with Crippen LogP contribution in [0.5, 0.6) is 0 Å². The second kappa shape index (κ2) is 7.82. The quantitative estimate of drug-likeness (QED) is 0.625. The number of benzene rings is 2. The Morgan fingerprint density at radius 2 is 1.62 bits per heavy atom. The highest BCUT2D eigenvalue weighted by molar-refractivity contribution is 6.30. The zero-order chi connectivity index (χ0) is 20.6. The summed E-state index contributed by atoms with van der Waals surface area (Å²) in [6.45, 7) is 0. The molecule has 2 aromatic carbocycles. The number of ether oxygens (including phenoxy) is 1. The van der Waals surface area contributed by atoms with Crippen LogP contribution in [0.1, 0.15) is 37.7 Å². The number of halogens is 3. The van der Waals surface area contributed by atoms with Crippen LogP contribution in [-0.2, 0) is 15.2 Å². The second-order valence-electron chi connectivity index (χ2n) is 7.78. The number of carbonyl (C=O) groups excluding carboxylic acids is 1. The number of carbonyl (C=O) groups is 1. The maximum Gasteiger partial charge on any atom is 0.313 e. The molecule has 1 saturated carbocycles. The monoisotopic (exact) mass is 420 g/mol. The van der Waals surface area contributed by atoms with Crippen LogP contribution in [0, 0.1) is 23.5 Å². The van der Waals surface area contributed by atoms with Crippen molar-refractivity contribution in [2.75, 3.05) is 17.7 Å². The molecule has 2 aliphatic rings. The molecule has 7 heteroatoms. The van der Waals surface area contributed by atoms with Crippen molar-refractivity contribution < 1.29 is 18.3 Å². The maximum atomic E-state index is 13.9. The Hall–Kier alpha value is -2.34. The lowest BCUT2D eigenvalue weighted by Gasteiger charge is -2.42. The number of methoxy groups -OCH3 is 1. The lowest BCUT2D eigenvalue weighted by molar-refractivity contribution is -0.150. The van der Waals surface area contributed by atoms with Crippen LogP contribution in [0.4, 0.5) is 20.2 Å². The summed E-state index contributed by atoms with van der Waals surface area (Å²) < 4.78 is 33.0. The lowest BCUT2D eigenvalue weighted by atomic mass is 9.71. The molecule has 4 nitrogen and oxygen atoms in total. The van der Waals surface area contributed by atoms with Crippen molar-refractivity contribution in [1.29, 1.82) is 0 Å². The highest BCUT2D eigenvalue weighted by atomic mass is 35.5. The zero-order valence-electron chi connectivity index (χ0n) is 16.1. The minimum absolute atomic E-state index is 0.0656. The third-order valence-electron chi connectivity index (χ3n) is 6.07. The van der Waals surface area contributed by atoms with E-state index in [1.165, 1.54) is 7.11 Å². The first kappa shape index (κ1) is 20.0. The van der Waals surface area contributed by atoms with Crippen LogP contribution in [0.15, 0.2) is 36.4 Å². The third kappa shape index (κ3) is 3.54. The molecular formula is C22H23ClF2N2O2. The average Bonchev–Trinajstić information content (AvgIpc) is 3.08. The predicted molar refractivity (Wildman–Crippen MR) is 109 cm³/mol. The third-order valence-corrected chi connectivity index (χ3v) is 6.32. The van der Waals surface area contributed by atoms with Gasteiger partial charge in [0, 0.05) is 17.2 Å². The van der Waals surface area contributed by atoms with Gasteiger partial charge in [0.05, 0.1) is 18.5 Å². The number of hydrogen-bond acceptors (Lipinski definition) is 4. The average molecular weight is 421 g/mol. The van der Waals surface area contributed by atoms with Crippen LogP contribution >= 0.6 is 11.6 Å². The van der Waals surface area contributed by atoms with Gasteiger partial charge in [0.1, 0.15) is 11.6 Å². The van der Waals surface area contributed by atoms with Crippen LogP contribution in [0.3, 0.4) is 0 Å². The summed E-state index contributed by atoms with van der Waals surface area (Å²) in [4.78, 5) is 13.1. The Labute approximate surface area is 173 Å². The molecule has 154 valence electrons. The van der Waals surface area contributed by atoms with Gasteiger partial charge in [-0.15, -0.1) is 0 Å². The van der Waals surface area contributed by atoms with Crippen molar-refractivity contribution in [3.8, 4) is 0 Å². The normalized spacial score (nSPS) is 19.0. The summed E-state index contributed by atoms with van der Waals surface area (Å²) in [6, 6.07) is 9.34. The van der Waals surface area contributed by atoms with E-state index in [1.54, 1.807) is 12.1 Å². The minimum Gasteiger partial charge on any atom is -0.469 e. The molecule has 4 rings (SSSR count). The van der Waals surface area contributed by atoms with Gasteiger partial charge < -0.3 is 15.4 Å². The van der Waals surface area contributed by atoms with Gasteiger partial charge in [-0.05, 0) is 36.5 Å². The Kier molecular flexibility index (Phi) is 5.38. The first-order valence-corrected chi connectivity index (χ1v) is 10.2. The molecule has 1 heterocycles. The fourth-order valence-corrected chi connectivity index (χ4v) is 4.85. The number of anilines is 2. The number of nitrogens with one attached hydrogen (secondary N) is 2. The van der Waals surface area contributed by atoms with Gasteiger partial charge in [-0.3, -0.25) is 4.79 Å². The fourth-order valence-electron chi connectivity index (χ4n) is 4.72. The van der Waals surface area contributed by atoms with Gasteiger partial charge in [0.25, 0.3) is 0 Å². The number of rotatable bonds is 4. The van der Waals surface area contributed by atoms with Crippen molar-refractivity contribution >= 4 is 28.9 Å². The van der Waals surface area contributed by atoms with E-state index in [2.05, 4.69) is 10.6 Å². The van der Waals surface area contributed by atoms with Crippen LogP contribution in [-0.4, -0.2) is 13.1 Å². The molecule has 1 aliphatic carbocycles. The molecule has 2 aromatic rings. The second-order valence-corrected chi connectivity index (χ2v) is 8.21. The summed E-state index contributed by atoms with van der Waals surface area (Å²) in [6.07, 6.45) is 4.97. The molecular weight excluding hydrogens is 398 g/mol. The number of fused-ring (bicyclic) bond motifs is 1. The summed E-state index contributed by atoms with van der Waals surface area (Å²) >= 11 is 6.08. The van der Waals surface area contributed by atoms with Gasteiger partial charge in [0.2, 0.25) is 0 Å². The standard InChI is InChI=1S/C22H23ClF2N2O2/c1-29-21(28)20(13-5-3-2-4-6-13)22(14-7-9-15(23)10-8-14)26-18-11-16(24)17(25)12-19(18)27-22/h7-13,20,26-27H,2-6H2,1H3. The largest absolute Gasteiger partial charge is 0.469 e. The van der Waals surface area contributed by atoms with Crippen molar-refractivity contribution in [3.05, 3.63) is 58.6 Å². The van der Waals surface area contributed by atoms with Gasteiger partial charge >= 0.3 is 5.97 Å². The minimum atomic E-state index is -1.09. The Morgan fingerprint density at radius 1 is 1.07 bits per heavy atom. The summed E-state index contributed by atoms with van der Waals surface area (Å²) in [7, 11) is 1.37. The van der Waals surface area contributed by atoms with Crippen LogP contribution < -0.4 is 10.6 Å². The van der Waals surface area contributed by atoms with Crippen molar-refractivity contribution in [2.24, 2.45) is 11.8 Å². The molecule has 1 fully saturated rings. The number of hydrogen-bond donors (Lipinski definition) is 2. The van der Waals surface area contributed by atoms with Crippen molar-refractivity contribution in [2.45, 2.75) is 37.8 Å². The Bertz CT molecular complexity index is 883. The van der Waals surface area contributed by atoms with E-state index < -0.39 is 23.2 Å². The molecule has 0 spiro atoms. The molecule has 0 amide bonds. The fraction of sp³-hybridized carbons (Fsp3) is 0.409. The zero-order valence-corrected chi connectivity index (χ0v) is 16.9. The van der Waals surface area contributed by atoms with Gasteiger partial charge in [-0.2, -0.15) is 0 Å². The highest BCUT2D eigenvalue weighted by Gasteiger charge is 2.52. The molecule has 1 unspecified atom stereocenters. The maximum absolute atomic E-state index is 13.9. The first-order chi connectivity index (χ1) is 13.9. The van der Waals surface area contributed by atoms with Gasteiger partial charge in [0.15, 0.2) is 11.6 Å². The Balaban J connectivity index is 1.86. The summed E-state index contributed by atoms with van der Waals surface area (Å²) in [5.74, 6) is -2.78. The van der Waals surface area contributed by atoms with E-state index in [9.17, 15) is 13.6 Å². The summed E-state index contributed by atoms with van der Waals surface area (Å²) in [5, 5.41) is 7.16. The first-order valence-electron chi connectivity index (χ1n) is 9.84. The Morgan fingerprint density at radius 3 is 2.14 bits per heavy atom. The van der Waals surface area contributed by atoms with E-state index in [-0.39, 0.29) is 11.9 Å². The smallest absolute Gasteiger partial charge is 0.313 e. The highest BCUT2D eigenvalue weighted by Crippen LogP contribution is 2.49. The van der Waals surface area contributed by atoms with E-state index >= 15 is 0 Å². The predicted octanol–water partition coefficient (Wildman–Crippen LogP) is 5.68. The van der Waals surface area contributed by atoms with E-state index in [0.717, 1.165) is 49.8 Å². The van der Waals surface area contributed by atoms with E-state index in [4.69, 9.17) is 16.3 Å². The molecule has 0 radical (unpaired) electrons. The SMILES string of the molecule is COC(=O)C(C1CCCCC1)C1(c2ccc(Cl)cc2)Nc2cc(F)c(F)cc2N1. The molecule has 2 N–H and O–H groups in total. The molecule has 0 bridgehead atoms. The van der Waals surface area contributed by atoms with E-state index in [0.29, 0.717) is 16.4 Å². The molecule has 0 saturated heterocycles. The molecule has 1 aliphatic heterocycles. The topological polar surface area (TPSA) is 50.4 Å². The molecule has 29 heavy (non-hydrogen) atoms. The molecule has 1 atom stereocenters. The summed E-state index contributed by atoms with van der Waals surface area (Å²) in [5.41, 5.74) is 0.467. The van der Waals surface area contributed by atoms with Crippen molar-refractivity contribution in [3.63, 3.8) is 0 Å². The van der Waals surface area contributed by atoms with Crippen molar-refractivity contribution in [1.82, 2.24) is 0 Å². The van der Waals surface area contributed by atoms with Crippen LogP contribution in [0.25, 0.3) is 0 Å². The van der Waals surface area contributed by atoms with Gasteiger partial charge in [-0.1, -0.05) is 43.0 Å². The number of esters is 1.